The summed E-state index contributed by atoms with van der Waals surface area (Å²) in [5, 5.41) is 0. The lowest BCUT2D eigenvalue weighted by Crippen LogP contribution is -2.36. The van der Waals surface area contributed by atoms with Crippen molar-refractivity contribution in [2.45, 2.75) is 39.7 Å². The van der Waals surface area contributed by atoms with E-state index in [-0.39, 0.29) is 11.3 Å². The van der Waals surface area contributed by atoms with Crippen molar-refractivity contribution in [2.24, 2.45) is 5.41 Å². The molecule has 0 fully saturated rings. The highest BCUT2D eigenvalue weighted by Gasteiger charge is 2.39. The maximum Gasteiger partial charge on any atom is 0.316 e. The molecule has 0 saturated heterocycles. The van der Waals surface area contributed by atoms with Crippen molar-refractivity contribution in [3.05, 3.63) is 23.1 Å². The normalized spacial score (nSPS) is 24.6. The van der Waals surface area contributed by atoms with Crippen molar-refractivity contribution >= 4 is 16.1 Å². The highest BCUT2D eigenvalue weighted by molar-refractivity contribution is 7.89. The second-order valence-electron chi connectivity index (χ2n) is 5.56. The number of hydrogen-bond acceptors (Lipinski definition) is 4. The van der Waals surface area contributed by atoms with E-state index in [9.17, 15) is 13.2 Å². The molecule has 0 heterocycles. The molecule has 0 aliphatic heterocycles. The van der Waals surface area contributed by atoms with Gasteiger partial charge >= 0.3 is 5.97 Å². The first-order chi connectivity index (χ1) is 7.94. The standard InChI is InChI=1S/C12H18O5S/c1-11(2,3)17-10(13)12(4)7-5-6-9(8-12)18(14,15)16/h5-7H,8H2,1-4H3,(H,14,15,16)/t12-/m1/s1. The quantitative estimate of drug-likeness (QED) is 0.616. The zero-order valence-electron chi connectivity index (χ0n) is 10.9. The minimum absolute atomic E-state index is 0.1000. The highest BCUT2D eigenvalue weighted by atomic mass is 32.2. The second-order valence-corrected chi connectivity index (χ2v) is 7.04. The zero-order chi connectivity index (χ0) is 14.2. The molecule has 18 heavy (non-hydrogen) atoms. The van der Waals surface area contributed by atoms with E-state index < -0.39 is 27.1 Å². The summed E-state index contributed by atoms with van der Waals surface area (Å²) in [5.41, 5.74) is -1.72. The van der Waals surface area contributed by atoms with Crippen LogP contribution in [0.4, 0.5) is 0 Å². The molecule has 0 aromatic rings. The van der Waals surface area contributed by atoms with E-state index in [4.69, 9.17) is 9.29 Å². The van der Waals surface area contributed by atoms with E-state index in [1.54, 1.807) is 33.8 Å². The molecule has 0 saturated carbocycles. The monoisotopic (exact) mass is 274 g/mol. The Hall–Kier alpha value is -1.14. The molecule has 0 aromatic heterocycles. The average molecular weight is 274 g/mol. The lowest BCUT2D eigenvalue weighted by Gasteiger charge is -2.30. The van der Waals surface area contributed by atoms with Crippen LogP contribution < -0.4 is 0 Å². The molecule has 102 valence electrons. The summed E-state index contributed by atoms with van der Waals surface area (Å²) in [5.74, 6) is -0.513. The highest BCUT2D eigenvalue weighted by Crippen LogP contribution is 2.35. The minimum Gasteiger partial charge on any atom is -0.459 e. The Bertz CT molecular complexity index is 507. The number of esters is 1. The van der Waals surface area contributed by atoms with Crippen LogP contribution in [0.15, 0.2) is 23.1 Å². The first-order valence-electron chi connectivity index (χ1n) is 5.53. The Morgan fingerprint density at radius 2 is 2.00 bits per heavy atom. The molecule has 0 spiro atoms. The fourth-order valence-electron chi connectivity index (χ4n) is 1.56. The number of rotatable bonds is 2. The van der Waals surface area contributed by atoms with Crippen molar-refractivity contribution < 1.29 is 22.5 Å². The lowest BCUT2D eigenvalue weighted by molar-refractivity contribution is -0.163. The topological polar surface area (TPSA) is 80.7 Å². The van der Waals surface area contributed by atoms with Gasteiger partial charge in [0.25, 0.3) is 10.1 Å². The van der Waals surface area contributed by atoms with E-state index in [0.717, 1.165) is 0 Å². The smallest absolute Gasteiger partial charge is 0.316 e. The maximum atomic E-state index is 12.0. The zero-order valence-corrected chi connectivity index (χ0v) is 11.7. The molecule has 1 atom stereocenters. The Morgan fingerprint density at radius 3 is 2.44 bits per heavy atom. The molecule has 1 N–H and O–H groups in total. The summed E-state index contributed by atoms with van der Waals surface area (Å²) in [7, 11) is -4.27. The van der Waals surface area contributed by atoms with Crippen molar-refractivity contribution in [1.29, 1.82) is 0 Å². The fourth-order valence-corrected chi connectivity index (χ4v) is 2.29. The summed E-state index contributed by atoms with van der Waals surface area (Å²) in [6, 6.07) is 0. The van der Waals surface area contributed by atoms with Gasteiger partial charge in [-0.1, -0.05) is 12.2 Å². The number of allylic oxidation sites excluding steroid dienone is 3. The van der Waals surface area contributed by atoms with Crippen LogP contribution in [0, 0.1) is 5.41 Å². The summed E-state index contributed by atoms with van der Waals surface area (Å²) in [4.78, 5) is 11.8. The van der Waals surface area contributed by atoms with Crippen LogP contribution in [0.2, 0.25) is 0 Å². The molecule has 0 aromatic carbocycles. The van der Waals surface area contributed by atoms with Crippen molar-refractivity contribution in [3.8, 4) is 0 Å². The van der Waals surface area contributed by atoms with Crippen molar-refractivity contribution in [1.82, 2.24) is 0 Å². The van der Waals surface area contributed by atoms with Gasteiger partial charge < -0.3 is 4.74 Å². The first-order valence-corrected chi connectivity index (χ1v) is 6.97. The molecule has 5 nitrogen and oxygen atoms in total. The summed E-state index contributed by atoms with van der Waals surface area (Å²) in [6.07, 6.45) is 4.20. The molecule has 0 bridgehead atoms. The molecule has 0 radical (unpaired) electrons. The van der Waals surface area contributed by atoms with Gasteiger partial charge in [0.1, 0.15) is 5.60 Å². The largest absolute Gasteiger partial charge is 0.459 e. The minimum atomic E-state index is -4.27. The predicted molar refractivity (Wildman–Crippen MR) is 67.3 cm³/mol. The average Bonchev–Trinajstić information content (AvgIpc) is 2.13. The number of hydrogen-bond donors (Lipinski definition) is 1. The van der Waals surface area contributed by atoms with Crippen LogP contribution in [-0.2, 0) is 19.6 Å². The predicted octanol–water partition coefficient (Wildman–Crippen LogP) is 2.07. The Kier molecular flexibility index (Phi) is 3.74. The maximum absolute atomic E-state index is 12.0. The molecular weight excluding hydrogens is 256 g/mol. The van der Waals surface area contributed by atoms with E-state index >= 15 is 0 Å². The molecular formula is C12H18O5S. The van der Waals surface area contributed by atoms with E-state index in [0.29, 0.717) is 0 Å². The summed E-state index contributed by atoms with van der Waals surface area (Å²) < 4.78 is 36.4. The fraction of sp³-hybridized carbons (Fsp3) is 0.583. The third kappa shape index (κ3) is 3.68. The SMILES string of the molecule is CC(C)(C)OC(=O)[C@]1(C)C=CC=C(S(=O)(=O)O)C1. The van der Waals surface area contributed by atoms with E-state index in [2.05, 4.69) is 0 Å². The van der Waals surface area contributed by atoms with Gasteiger partial charge in [-0.25, -0.2) is 0 Å². The molecule has 1 rings (SSSR count). The summed E-state index contributed by atoms with van der Waals surface area (Å²) >= 11 is 0. The number of carbonyl (C=O) groups excluding carboxylic acids is 1. The van der Waals surface area contributed by atoms with E-state index in [1.807, 2.05) is 0 Å². The van der Waals surface area contributed by atoms with Crippen LogP contribution in [0.3, 0.4) is 0 Å². The molecule has 1 aliphatic carbocycles. The molecule has 1 aliphatic rings. The molecule has 0 amide bonds. The lowest BCUT2D eigenvalue weighted by atomic mass is 9.83. The van der Waals surface area contributed by atoms with Gasteiger partial charge in [0.2, 0.25) is 0 Å². The Balaban J connectivity index is 2.96. The van der Waals surface area contributed by atoms with Gasteiger partial charge in [0.05, 0.1) is 10.3 Å². The van der Waals surface area contributed by atoms with Gasteiger partial charge in [0.15, 0.2) is 0 Å². The van der Waals surface area contributed by atoms with Crippen LogP contribution >= 0.6 is 0 Å². The Labute approximate surface area is 107 Å². The van der Waals surface area contributed by atoms with Crippen LogP contribution in [0.5, 0.6) is 0 Å². The van der Waals surface area contributed by atoms with Gasteiger partial charge in [0, 0.05) is 6.42 Å². The number of carbonyl (C=O) groups is 1. The van der Waals surface area contributed by atoms with Crippen molar-refractivity contribution in [2.75, 3.05) is 0 Å². The number of ether oxygens (including phenoxy) is 1. The van der Waals surface area contributed by atoms with Crippen LogP contribution in [-0.4, -0.2) is 24.5 Å². The van der Waals surface area contributed by atoms with Crippen molar-refractivity contribution in [3.63, 3.8) is 0 Å². The third-order valence-corrected chi connectivity index (χ3v) is 3.43. The van der Waals surface area contributed by atoms with Gasteiger partial charge in [-0.15, -0.1) is 0 Å². The van der Waals surface area contributed by atoms with Crippen LogP contribution in [0.25, 0.3) is 0 Å². The van der Waals surface area contributed by atoms with Gasteiger partial charge in [-0.2, -0.15) is 8.42 Å². The molecule has 0 unspecified atom stereocenters. The molecule has 6 heteroatoms. The third-order valence-electron chi connectivity index (χ3n) is 2.48. The van der Waals surface area contributed by atoms with Crippen LogP contribution in [0.1, 0.15) is 34.1 Å². The second kappa shape index (κ2) is 4.51. The van der Waals surface area contributed by atoms with Gasteiger partial charge in [-0.3, -0.25) is 9.35 Å². The first kappa shape index (κ1) is 14.9. The van der Waals surface area contributed by atoms with Gasteiger partial charge in [-0.05, 0) is 33.8 Å². The van der Waals surface area contributed by atoms with E-state index in [1.165, 1.54) is 12.2 Å². The Morgan fingerprint density at radius 1 is 1.44 bits per heavy atom. The summed E-state index contributed by atoms with van der Waals surface area (Å²) in [6.45, 7) is 6.79.